The molecular weight excluding hydrogens is 219 g/mol. The maximum atomic E-state index is 12.9. The zero-order chi connectivity index (χ0) is 12.2. The molecule has 0 bridgehead atoms. The molecule has 0 aliphatic carbocycles. The van der Waals surface area contributed by atoms with E-state index in [0.29, 0.717) is 6.42 Å². The minimum absolute atomic E-state index is 0.185. The highest BCUT2D eigenvalue weighted by Crippen LogP contribution is 2.11. The van der Waals surface area contributed by atoms with E-state index in [-0.39, 0.29) is 5.82 Å². The van der Waals surface area contributed by atoms with Gasteiger partial charge in [-0.25, -0.2) is 4.39 Å². The van der Waals surface area contributed by atoms with E-state index in [1.165, 1.54) is 6.07 Å². The fourth-order valence-electron chi connectivity index (χ4n) is 1.45. The minimum Gasteiger partial charge on any atom is -0.548 e. The number of halogens is 1. The highest BCUT2D eigenvalue weighted by molar-refractivity contribution is 6.70. The zero-order valence-corrected chi connectivity index (χ0v) is 11.4. The molecule has 0 radical (unpaired) electrons. The number of hydrogen-bond acceptors (Lipinski definition) is 1. The van der Waals surface area contributed by atoms with Crippen molar-refractivity contribution in [2.75, 3.05) is 0 Å². The zero-order valence-electron chi connectivity index (χ0n) is 10.4. The molecule has 1 aromatic carbocycles. The maximum Gasteiger partial charge on any atom is 0.241 e. The summed E-state index contributed by atoms with van der Waals surface area (Å²) in [5.41, 5.74) is 0.971. The van der Waals surface area contributed by atoms with E-state index < -0.39 is 8.32 Å². The summed E-state index contributed by atoms with van der Waals surface area (Å²) >= 11 is 0. The van der Waals surface area contributed by atoms with Crippen molar-refractivity contribution in [3.8, 4) is 0 Å². The fourth-order valence-corrected chi connectivity index (χ4v) is 2.50. The molecule has 0 amide bonds. The Hall–Kier alpha value is -1.09. The van der Waals surface area contributed by atoms with Crippen molar-refractivity contribution < 1.29 is 8.82 Å². The molecule has 1 nitrogen and oxygen atoms in total. The van der Waals surface area contributed by atoms with Crippen LogP contribution in [0.5, 0.6) is 0 Å². The van der Waals surface area contributed by atoms with Crippen LogP contribution in [0.2, 0.25) is 19.6 Å². The summed E-state index contributed by atoms with van der Waals surface area (Å²) in [6.45, 7) is 8.39. The summed E-state index contributed by atoms with van der Waals surface area (Å²) in [7, 11) is -1.51. The Morgan fingerprint density at radius 3 is 2.62 bits per heavy atom. The summed E-state index contributed by atoms with van der Waals surface area (Å²) < 4.78 is 18.7. The second-order valence-corrected chi connectivity index (χ2v) is 9.29. The van der Waals surface area contributed by atoms with Crippen molar-refractivity contribution in [2.24, 2.45) is 0 Å². The quantitative estimate of drug-likeness (QED) is 0.566. The number of hydrogen-bond donors (Lipinski definition) is 0. The van der Waals surface area contributed by atoms with Crippen LogP contribution < -0.4 is 0 Å². The van der Waals surface area contributed by atoms with E-state index in [2.05, 4.69) is 19.6 Å². The molecule has 1 rings (SSSR count). The van der Waals surface area contributed by atoms with Gasteiger partial charge in [0.2, 0.25) is 8.32 Å². The molecule has 16 heavy (non-hydrogen) atoms. The average molecular weight is 238 g/mol. The van der Waals surface area contributed by atoms with Crippen LogP contribution in [0.3, 0.4) is 0 Å². The Morgan fingerprint density at radius 2 is 2.06 bits per heavy atom. The van der Waals surface area contributed by atoms with Crippen LogP contribution in [-0.2, 0) is 10.8 Å². The molecule has 0 heterocycles. The average Bonchev–Trinajstić information content (AvgIpc) is 2.12. The van der Waals surface area contributed by atoms with Gasteiger partial charge >= 0.3 is 0 Å². The molecule has 0 spiro atoms. The predicted molar refractivity (Wildman–Crippen MR) is 68.3 cm³/mol. The van der Waals surface area contributed by atoms with Crippen molar-refractivity contribution in [1.29, 1.82) is 0 Å². The summed E-state index contributed by atoms with van der Waals surface area (Å²) in [4.78, 5) is 0. The topological polar surface area (TPSA) is 9.23 Å². The monoisotopic (exact) mass is 238 g/mol. The largest absolute Gasteiger partial charge is 0.548 e. The Bertz CT molecular complexity index is 380. The Balaban J connectivity index is 2.59. The van der Waals surface area contributed by atoms with Gasteiger partial charge in [-0.1, -0.05) is 12.1 Å². The first-order valence-electron chi connectivity index (χ1n) is 5.47. The molecular formula is C13H19FOSi. The van der Waals surface area contributed by atoms with Gasteiger partial charge in [-0.15, -0.1) is 0 Å². The lowest BCUT2D eigenvalue weighted by Gasteiger charge is -2.19. The molecule has 88 valence electrons. The molecule has 0 atom stereocenters. The molecule has 0 saturated heterocycles. The van der Waals surface area contributed by atoms with E-state index in [0.717, 1.165) is 11.3 Å². The van der Waals surface area contributed by atoms with Gasteiger partial charge in [-0.2, -0.15) is 0 Å². The third-order valence-corrected chi connectivity index (χ3v) is 2.92. The van der Waals surface area contributed by atoms with E-state index in [4.69, 9.17) is 4.43 Å². The highest BCUT2D eigenvalue weighted by atomic mass is 28.4. The Kier molecular flexibility index (Phi) is 4.30. The fraction of sp³-hybridized carbons (Fsp3) is 0.385. The number of benzene rings is 1. The first-order chi connectivity index (χ1) is 7.37. The molecule has 1 aromatic rings. The third kappa shape index (κ3) is 5.12. The lowest BCUT2D eigenvalue weighted by Crippen LogP contribution is -2.24. The SMILES string of the molecule is C/C(=C/Cc1cccc(F)c1)O[Si](C)(C)C. The van der Waals surface area contributed by atoms with Gasteiger partial charge in [-0.3, -0.25) is 0 Å². The van der Waals surface area contributed by atoms with Crippen LogP contribution in [0.1, 0.15) is 12.5 Å². The first kappa shape index (κ1) is 13.0. The van der Waals surface area contributed by atoms with Gasteiger partial charge in [0.25, 0.3) is 0 Å². The van der Waals surface area contributed by atoms with Crippen LogP contribution in [0.25, 0.3) is 0 Å². The second kappa shape index (κ2) is 5.30. The van der Waals surface area contributed by atoms with Gasteiger partial charge in [0.05, 0.1) is 5.76 Å². The lowest BCUT2D eigenvalue weighted by atomic mass is 10.1. The second-order valence-electron chi connectivity index (χ2n) is 4.86. The molecule has 0 aliphatic rings. The summed E-state index contributed by atoms with van der Waals surface area (Å²) in [5, 5.41) is 0. The van der Waals surface area contributed by atoms with E-state index in [1.54, 1.807) is 12.1 Å². The molecule has 0 N–H and O–H groups in total. The van der Waals surface area contributed by atoms with Crippen molar-refractivity contribution in [1.82, 2.24) is 0 Å². The predicted octanol–water partition coefficient (Wildman–Crippen LogP) is 4.12. The van der Waals surface area contributed by atoms with Crippen molar-refractivity contribution >= 4 is 8.32 Å². The van der Waals surface area contributed by atoms with Crippen molar-refractivity contribution in [3.63, 3.8) is 0 Å². The lowest BCUT2D eigenvalue weighted by molar-refractivity contribution is 0.422. The highest BCUT2D eigenvalue weighted by Gasteiger charge is 2.15. The van der Waals surface area contributed by atoms with Crippen LogP contribution in [0.4, 0.5) is 4.39 Å². The minimum atomic E-state index is -1.51. The third-order valence-electron chi connectivity index (χ3n) is 1.98. The molecule has 0 aromatic heterocycles. The molecule has 0 aliphatic heterocycles. The van der Waals surface area contributed by atoms with Crippen LogP contribution >= 0.6 is 0 Å². The Morgan fingerprint density at radius 1 is 1.38 bits per heavy atom. The molecule has 0 fully saturated rings. The van der Waals surface area contributed by atoms with E-state index >= 15 is 0 Å². The van der Waals surface area contributed by atoms with Crippen LogP contribution in [-0.4, -0.2) is 8.32 Å². The van der Waals surface area contributed by atoms with E-state index in [9.17, 15) is 4.39 Å². The molecule has 0 saturated carbocycles. The standard InChI is InChI=1S/C13H19FOSi/c1-11(15-16(2,3)4)8-9-12-6-5-7-13(14)10-12/h5-8,10H,9H2,1-4H3/b11-8-. The van der Waals surface area contributed by atoms with Crippen molar-refractivity contribution in [2.45, 2.75) is 33.0 Å². The van der Waals surface area contributed by atoms with Gasteiger partial charge in [0, 0.05) is 0 Å². The van der Waals surface area contributed by atoms with E-state index in [1.807, 2.05) is 19.1 Å². The van der Waals surface area contributed by atoms with Crippen molar-refractivity contribution in [3.05, 3.63) is 47.5 Å². The van der Waals surface area contributed by atoms with Crippen LogP contribution in [0, 0.1) is 5.82 Å². The maximum absolute atomic E-state index is 12.9. The summed E-state index contributed by atoms with van der Waals surface area (Å²) in [6, 6.07) is 6.66. The van der Waals surface area contributed by atoms with Gasteiger partial charge in [0.1, 0.15) is 5.82 Å². The summed E-state index contributed by atoms with van der Waals surface area (Å²) in [5.74, 6) is 0.748. The van der Waals surface area contributed by atoms with Gasteiger partial charge in [0.15, 0.2) is 0 Å². The van der Waals surface area contributed by atoms with Gasteiger partial charge < -0.3 is 4.43 Å². The normalized spacial score (nSPS) is 12.7. The summed E-state index contributed by atoms with van der Waals surface area (Å²) in [6.07, 6.45) is 2.72. The smallest absolute Gasteiger partial charge is 0.241 e. The number of allylic oxidation sites excluding steroid dienone is 2. The molecule has 0 unspecified atom stereocenters. The van der Waals surface area contributed by atoms with Gasteiger partial charge in [-0.05, 0) is 56.8 Å². The number of rotatable bonds is 4. The van der Waals surface area contributed by atoms with Crippen LogP contribution in [0.15, 0.2) is 36.1 Å². The first-order valence-corrected chi connectivity index (χ1v) is 8.88. The Labute approximate surface area is 98.1 Å². The molecule has 3 heteroatoms.